The second-order valence-electron chi connectivity index (χ2n) is 5.15. The quantitative estimate of drug-likeness (QED) is 0.886. The third kappa shape index (κ3) is 4.03. The van der Waals surface area contributed by atoms with Gasteiger partial charge in [0, 0.05) is 19.3 Å². The number of nitrogens with one attached hydrogen (secondary N) is 1. The van der Waals surface area contributed by atoms with Crippen molar-refractivity contribution in [2.24, 2.45) is 0 Å². The summed E-state index contributed by atoms with van der Waals surface area (Å²) >= 11 is 0. The molecule has 1 aliphatic heterocycles. The lowest BCUT2D eigenvalue weighted by atomic mass is 10.2. The highest BCUT2D eigenvalue weighted by Gasteiger charge is 2.36. The van der Waals surface area contributed by atoms with E-state index in [0.29, 0.717) is 31.7 Å². The van der Waals surface area contributed by atoms with E-state index in [-0.39, 0.29) is 5.91 Å². The van der Waals surface area contributed by atoms with Crippen LogP contribution in [-0.4, -0.2) is 44.6 Å². The lowest BCUT2D eigenvalue weighted by Crippen LogP contribution is -2.42. The molecule has 6 nitrogen and oxygen atoms in total. The first kappa shape index (κ1) is 15.9. The number of rotatable bonds is 5. The maximum Gasteiger partial charge on any atom is 0.242 e. The van der Waals surface area contributed by atoms with Crippen LogP contribution >= 0.6 is 0 Å². The summed E-state index contributed by atoms with van der Waals surface area (Å²) in [7, 11) is -1.73. The summed E-state index contributed by atoms with van der Waals surface area (Å²) in [5.74, 6) is -0.280. The van der Waals surface area contributed by atoms with Crippen molar-refractivity contribution in [1.82, 2.24) is 4.31 Å². The topological polar surface area (TPSA) is 75.7 Å². The van der Waals surface area contributed by atoms with E-state index in [2.05, 4.69) is 5.32 Å². The summed E-state index contributed by atoms with van der Waals surface area (Å²) in [4.78, 5) is 12.2. The van der Waals surface area contributed by atoms with E-state index in [1.54, 1.807) is 19.2 Å². The van der Waals surface area contributed by atoms with Crippen molar-refractivity contribution >= 4 is 21.6 Å². The number of carbonyl (C=O) groups excluding carboxylic acids is 1. The summed E-state index contributed by atoms with van der Waals surface area (Å²) in [6.07, 6.45) is 2.40. The molecule has 1 N–H and O–H groups in total. The van der Waals surface area contributed by atoms with Crippen molar-refractivity contribution in [2.75, 3.05) is 25.2 Å². The molecule has 2 rings (SSSR count). The minimum Gasteiger partial charge on any atom is -0.380 e. The molecule has 0 aliphatic carbocycles. The molecule has 0 aromatic heterocycles. The maximum absolute atomic E-state index is 12.2. The maximum atomic E-state index is 12.2. The van der Waals surface area contributed by atoms with Crippen LogP contribution < -0.4 is 5.32 Å². The molecular weight excluding hydrogens is 292 g/mol. The van der Waals surface area contributed by atoms with Crippen LogP contribution in [-0.2, 0) is 26.2 Å². The summed E-state index contributed by atoms with van der Waals surface area (Å²) in [6, 6.07) is 6.68. The first-order valence-electron chi connectivity index (χ1n) is 6.77. The zero-order chi connectivity index (χ0) is 15.5. The van der Waals surface area contributed by atoms with Gasteiger partial charge >= 0.3 is 0 Å². The fraction of sp³-hybridized carbons (Fsp3) is 0.500. The van der Waals surface area contributed by atoms with Gasteiger partial charge in [-0.1, -0.05) is 12.1 Å². The average Bonchev–Trinajstić information content (AvgIpc) is 2.90. The van der Waals surface area contributed by atoms with Gasteiger partial charge in [0.25, 0.3) is 0 Å². The Balaban J connectivity index is 2.04. The number of sulfonamides is 1. The van der Waals surface area contributed by atoms with Crippen LogP contribution in [0.1, 0.15) is 18.4 Å². The Hall–Kier alpha value is -1.44. The molecule has 0 spiro atoms. The van der Waals surface area contributed by atoms with Crippen LogP contribution in [0.4, 0.5) is 5.69 Å². The Bertz CT molecular complexity index is 598. The minimum atomic E-state index is -3.35. The first-order chi connectivity index (χ1) is 9.91. The van der Waals surface area contributed by atoms with Gasteiger partial charge in [0.2, 0.25) is 15.9 Å². The van der Waals surface area contributed by atoms with Gasteiger partial charge in [-0.15, -0.1) is 0 Å². The molecule has 1 fully saturated rings. The van der Waals surface area contributed by atoms with Crippen LogP contribution in [0.15, 0.2) is 24.3 Å². The normalized spacial score (nSPS) is 19.6. The van der Waals surface area contributed by atoms with Gasteiger partial charge in [-0.05, 0) is 30.5 Å². The second kappa shape index (κ2) is 6.55. The van der Waals surface area contributed by atoms with E-state index in [1.807, 2.05) is 12.1 Å². The molecule has 1 saturated heterocycles. The highest BCUT2D eigenvalue weighted by Crippen LogP contribution is 2.22. The van der Waals surface area contributed by atoms with E-state index in [4.69, 9.17) is 4.74 Å². The van der Waals surface area contributed by atoms with Crippen molar-refractivity contribution in [3.05, 3.63) is 29.8 Å². The predicted molar refractivity (Wildman–Crippen MR) is 80.4 cm³/mol. The average molecular weight is 312 g/mol. The van der Waals surface area contributed by atoms with Gasteiger partial charge in [-0.25, -0.2) is 8.42 Å². The molecule has 0 bridgehead atoms. The fourth-order valence-corrected chi connectivity index (χ4v) is 3.60. The number of benzene rings is 1. The van der Waals surface area contributed by atoms with Gasteiger partial charge in [0.15, 0.2) is 0 Å². The predicted octanol–water partition coefficient (Wildman–Crippen LogP) is 1.20. The van der Waals surface area contributed by atoms with Gasteiger partial charge < -0.3 is 10.1 Å². The zero-order valence-corrected chi connectivity index (χ0v) is 13.0. The summed E-state index contributed by atoms with van der Waals surface area (Å²) < 4.78 is 29.6. The number of amides is 1. The van der Waals surface area contributed by atoms with Gasteiger partial charge in [0.1, 0.15) is 6.04 Å². The molecule has 1 heterocycles. The Morgan fingerprint density at radius 1 is 1.38 bits per heavy atom. The SMILES string of the molecule is COCc1ccc(NC(=O)[C@@H]2CCCN2S(C)(=O)=O)cc1. The molecule has 21 heavy (non-hydrogen) atoms. The Kier molecular flexibility index (Phi) is 4.97. The molecule has 0 radical (unpaired) electrons. The minimum absolute atomic E-state index is 0.280. The van der Waals surface area contributed by atoms with E-state index in [1.165, 1.54) is 4.31 Å². The van der Waals surface area contributed by atoms with Crippen LogP contribution in [0, 0.1) is 0 Å². The Morgan fingerprint density at radius 3 is 2.62 bits per heavy atom. The summed E-state index contributed by atoms with van der Waals surface area (Å²) in [6.45, 7) is 0.919. The number of anilines is 1. The van der Waals surface area contributed by atoms with E-state index in [9.17, 15) is 13.2 Å². The lowest BCUT2D eigenvalue weighted by Gasteiger charge is -2.21. The van der Waals surface area contributed by atoms with Crippen molar-refractivity contribution in [2.45, 2.75) is 25.5 Å². The molecule has 7 heteroatoms. The monoisotopic (exact) mass is 312 g/mol. The van der Waals surface area contributed by atoms with Crippen molar-refractivity contribution in [3.63, 3.8) is 0 Å². The number of hydrogen-bond donors (Lipinski definition) is 1. The molecule has 1 aromatic carbocycles. The molecule has 0 saturated carbocycles. The number of ether oxygens (including phenoxy) is 1. The number of carbonyl (C=O) groups is 1. The largest absolute Gasteiger partial charge is 0.380 e. The van der Waals surface area contributed by atoms with Crippen LogP contribution in [0.3, 0.4) is 0 Å². The van der Waals surface area contributed by atoms with Crippen LogP contribution in [0.5, 0.6) is 0 Å². The molecule has 1 amide bonds. The third-order valence-electron chi connectivity index (χ3n) is 3.46. The third-order valence-corrected chi connectivity index (χ3v) is 4.75. The molecular formula is C14H20N2O4S. The van der Waals surface area contributed by atoms with Gasteiger partial charge in [-0.2, -0.15) is 4.31 Å². The van der Waals surface area contributed by atoms with Gasteiger partial charge in [-0.3, -0.25) is 4.79 Å². The Labute approximate surface area is 125 Å². The number of hydrogen-bond acceptors (Lipinski definition) is 4. The van der Waals surface area contributed by atoms with E-state index >= 15 is 0 Å². The van der Waals surface area contributed by atoms with Crippen LogP contribution in [0.2, 0.25) is 0 Å². The zero-order valence-electron chi connectivity index (χ0n) is 12.2. The number of methoxy groups -OCH3 is 1. The van der Waals surface area contributed by atoms with E-state index in [0.717, 1.165) is 11.8 Å². The Morgan fingerprint density at radius 2 is 2.05 bits per heavy atom. The van der Waals surface area contributed by atoms with Crippen molar-refractivity contribution in [3.8, 4) is 0 Å². The van der Waals surface area contributed by atoms with Crippen molar-refractivity contribution < 1.29 is 17.9 Å². The molecule has 116 valence electrons. The molecule has 1 aliphatic rings. The second-order valence-corrected chi connectivity index (χ2v) is 7.09. The molecule has 0 unspecified atom stereocenters. The van der Waals surface area contributed by atoms with Crippen LogP contribution in [0.25, 0.3) is 0 Å². The highest BCUT2D eigenvalue weighted by molar-refractivity contribution is 7.88. The standard InChI is InChI=1S/C14H20N2O4S/c1-20-10-11-5-7-12(8-6-11)15-14(17)13-4-3-9-16(13)21(2,18)19/h5-8,13H,3-4,9-10H2,1-2H3,(H,15,17)/t13-/m0/s1. The fourth-order valence-electron chi connectivity index (χ4n) is 2.48. The molecule has 1 aromatic rings. The molecule has 1 atom stereocenters. The van der Waals surface area contributed by atoms with Gasteiger partial charge in [0.05, 0.1) is 12.9 Å². The summed E-state index contributed by atoms with van der Waals surface area (Å²) in [5.41, 5.74) is 1.66. The summed E-state index contributed by atoms with van der Waals surface area (Å²) in [5, 5.41) is 2.77. The smallest absolute Gasteiger partial charge is 0.242 e. The highest BCUT2D eigenvalue weighted by atomic mass is 32.2. The lowest BCUT2D eigenvalue weighted by molar-refractivity contribution is -0.119. The van der Waals surface area contributed by atoms with Crippen molar-refractivity contribution in [1.29, 1.82) is 0 Å². The first-order valence-corrected chi connectivity index (χ1v) is 8.62. The number of nitrogens with zero attached hydrogens (tertiary/aromatic N) is 1. The van der Waals surface area contributed by atoms with E-state index < -0.39 is 16.1 Å².